The first-order valence-corrected chi connectivity index (χ1v) is 6.27. The van der Waals surface area contributed by atoms with Crippen LogP contribution in [0.25, 0.3) is 11.2 Å². The van der Waals surface area contributed by atoms with Gasteiger partial charge in [-0.3, -0.25) is 13.9 Å². The molecule has 0 aromatic carbocycles. The average Bonchev–Trinajstić information content (AvgIpc) is 3.00. The number of hydrogen-bond donors (Lipinski definition) is 4. The highest BCUT2D eigenvalue weighted by Gasteiger charge is 2.44. The van der Waals surface area contributed by atoms with Crippen LogP contribution in [0.4, 0.5) is 5.95 Å². The number of anilines is 1. The Morgan fingerprint density at radius 3 is 2.76 bits per heavy atom. The molecule has 0 amide bonds. The van der Waals surface area contributed by atoms with Gasteiger partial charge in [-0.1, -0.05) is 0 Å². The van der Waals surface area contributed by atoms with Crippen molar-refractivity contribution in [1.29, 1.82) is 0 Å². The molecular weight excluding hydrogens is 282 g/mol. The fraction of sp³-hybridized carbons (Fsp3) is 0.545. The Balaban J connectivity index is 2.16. The van der Waals surface area contributed by atoms with E-state index in [2.05, 4.69) is 9.97 Å². The van der Waals surface area contributed by atoms with Crippen LogP contribution in [0.2, 0.25) is 0 Å². The van der Waals surface area contributed by atoms with Gasteiger partial charge in [0, 0.05) is 7.05 Å². The molecule has 5 N–H and O–H groups in total. The summed E-state index contributed by atoms with van der Waals surface area (Å²) < 4.78 is 8.23. The average molecular weight is 297 g/mol. The van der Waals surface area contributed by atoms with Crippen molar-refractivity contribution in [3.63, 3.8) is 0 Å². The third kappa shape index (κ3) is 1.92. The molecule has 3 rings (SSSR count). The van der Waals surface area contributed by atoms with Gasteiger partial charge in [-0.25, -0.2) is 4.98 Å². The molecule has 0 saturated carbocycles. The monoisotopic (exact) mass is 297 g/mol. The standard InChI is InChI=1S/C11H15N5O5/c1-15-9-5(8(20)14-11(15)12)13-3-16(9)10-7(19)6(18)4(2-17)21-10/h3-4,6-7,10,17-19H,2H2,1H3,(H2,12,14,20). The van der Waals surface area contributed by atoms with Gasteiger partial charge in [-0.15, -0.1) is 0 Å². The third-order valence-electron chi connectivity index (χ3n) is 3.64. The lowest BCUT2D eigenvalue weighted by Crippen LogP contribution is -2.33. The van der Waals surface area contributed by atoms with Crippen LogP contribution in [0, 0.1) is 0 Å². The molecule has 114 valence electrons. The topological polar surface area (TPSA) is 149 Å². The van der Waals surface area contributed by atoms with E-state index in [-0.39, 0.29) is 11.5 Å². The summed E-state index contributed by atoms with van der Waals surface area (Å²) in [5.41, 5.74) is 5.44. The number of imidazole rings is 1. The van der Waals surface area contributed by atoms with Gasteiger partial charge in [0.15, 0.2) is 17.4 Å². The van der Waals surface area contributed by atoms with E-state index in [1.165, 1.54) is 15.5 Å². The third-order valence-corrected chi connectivity index (χ3v) is 3.64. The largest absolute Gasteiger partial charge is 0.394 e. The summed E-state index contributed by atoms with van der Waals surface area (Å²) >= 11 is 0. The van der Waals surface area contributed by atoms with Crippen molar-refractivity contribution >= 4 is 17.1 Å². The van der Waals surface area contributed by atoms with E-state index in [0.29, 0.717) is 5.65 Å². The van der Waals surface area contributed by atoms with Crippen LogP contribution in [-0.4, -0.2) is 59.3 Å². The van der Waals surface area contributed by atoms with Crippen molar-refractivity contribution in [3.05, 3.63) is 16.7 Å². The molecule has 1 aliphatic rings. The fourth-order valence-corrected chi connectivity index (χ4v) is 2.47. The first kappa shape index (κ1) is 13.9. The maximum Gasteiger partial charge on any atom is 0.302 e. The molecule has 4 unspecified atom stereocenters. The first-order valence-electron chi connectivity index (χ1n) is 6.27. The van der Waals surface area contributed by atoms with E-state index in [9.17, 15) is 15.0 Å². The van der Waals surface area contributed by atoms with E-state index in [1.54, 1.807) is 7.05 Å². The second-order valence-corrected chi connectivity index (χ2v) is 4.89. The second kappa shape index (κ2) is 4.77. The van der Waals surface area contributed by atoms with Gasteiger partial charge < -0.3 is 25.8 Å². The van der Waals surface area contributed by atoms with Crippen molar-refractivity contribution in [3.8, 4) is 0 Å². The molecule has 1 aliphatic heterocycles. The Morgan fingerprint density at radius 2 is 2.14 bits per heavy atom. The molecule has 0 spiro atoms. The molecule has 2 aromatic rings. The Morgan fingerprint density at radius 1 is 1.43 bits per heavy atom. The molecule has 10 nitrogen and oxygen atoms in total. The highest BCUT2D eigenvalue weighted by Crippen LogP contribution is 2.31. The Bertz CT molecular complexity index is 740. The number of nitrogen functional groups attached to an aromatic ring is 1. The van der Waals surface area contributed by atoms with Crippen LogP contribution >= 0.6 is 0 Å². The second-order valence-electron chi connectivity index (χ2n) is 4.89. The van der Waals surface area contributed by atoms with Gasteiger partial charge in [-0.2, -0.15) is 4.98 Å². The highest BCUT2D eigenvalue weighted by molar-refractivity contribution is 5.71. The first-order chi connectivity index (χ1) is 9.95. The van der Waals surface area contributed by atoms with E-state index < -0.39 is 36.7 Å². The van der Waals surface area contributed by atoms with E-state index in [1.807, 2.05) is 0 Å². The molecule has 0 aliphatic carbocycles. The summed E-state index contributed by atoms with van der Waals surface area (Å²) in [5, 5.41) is 29.0. The lowest BCUT2D eigenvalue weighted by molar-refractivity contribution is -0.0512. The van der Waals surface area contributed by atoms with Crippen molar-refractivity contribution < 1.29 is 20.1 Å². The summed E-state index contributed by atoms with van der Waals surface area (Å²) in [6.07, 6.45) is -3.13. The lowest BCUT2D eigenvalue weighted by Gasteiger charge is -2.18. The molecule has 10 heteroatoms. The van der Waals surface area contributed by atoms with Crippen LogP contribution in [0.15, 0.2) is 11.1 Å². The Hall–Kier alpha value is -2.01. The number of rotatable bonds is 2. The minimum Gasteiger partial charge on any atom is -0.394 e. The summed E-state index contributed by atoms with van der Waals surface area (Å²) in [6.45, 7) is -0.440. The minimum absolute atomic E-state index is 0.0130. The van der Waals surface area contributed by atoms with Gasteiger partial charge in [0.2, 0.25) is 5.95 Å². The van der Waals surface area contributed by atoms with Crippen LogP contribution in [0.3, 0.4) is 0 Å². The maximum absolute atomic E-state index is 11.8. The number of aliphatic hydroxyl groups is 3. The molecule has 2 aromatic heterocycles. The van der Waals surface area contributed by atoms with E-state index in [4.69, 9.17) is 15.6 Å². The van der Waals surface area contributed by atoms with Crippen molar-refractivity contribution in [2.45, 2.75) is 24.5 Å². The molecule has 4 atom stereocenters. The van der Waals surface area contributed by atoms with Gasteiger partial charge in [0.05, 0.1) is 12.9 Å². The lowest BCUT2D eigenvalue weighted by atomic mass is 10.1. The summed E-state index contributed by atoms with van der Waals surface area (Å²) in [6, 6.07) is 0. The molecular formula is C11H15N5O5. The van der Waals surface area contributed by atoms with Crippen LogP contribution < -0.4 is 11.3 Å². The SMILES string of the molecule is Cn1c(N)nc(=O)c2ncn(C3OC(CO)C(O)C3O)c21. The van der Waals surface area contributed by atoms with Gasteiger partial charge in [-0.05, 0) is 0 Å². The van der Waals surface area contributed by atoms with Gasteiger partial charge in [0.1, 0.15) is 18.3 Å². The molecule has 3 heterocycles. The Kier molecular flexibility index (Phi) is 3.17. The zero-order chi connectivity index (χ0) is 15.3. The minimum atomic E-state index is -1.27. The van der Waals surface area contributed by atoms with Crippen molar-refractivity contribution in [2.24, 2.45) is 7.05 Å². The number of ether oxygens (including phenoxy) is 1. The molecule has 1 fully saturated rings. The van der Waals surface area contributed by atoms with Crippen LogP contribution in [-0.2, 0) is 11.8 Å². The summed E-state index contributed by atoms with van der Waals surface area (Å²) in [5.74, 6) is -0.0130. The number of nitrogens with two attached hydrogens (primary N) is 1. The predicted molar refractivity (Wildman–Crippen MR) is 70.2 cm³/mol. The smallest absolute Gasteiger partial charge is 0.302 e. The van der Waals surface area contributed by atoms with Crippen molar-refractivity contribution in [2.75, 3.05) is 12.3 Å². The normalized spacial score (nSPS) is 29.3. The van der Waals surface area contributed by atoms with E-state index in [0.717, 1.165) is 0 Å². The molecule has 21 heavy (non-hydrogen) atoms. The quantitative estimate of drug-likeness (QED) is 0.468. The zero-order valence-electron chi connectivity index (χ0n) is 11.1. The molecule has 1 saturated heterocycles. The van der Waals surface area contributed by atoms with Crippen molar-refractivity contribution in [1.82, 2.24) is 19.1 Å². The van der Waals surface area contributed by atoms with Crippen LogP contribution in [0.5, 0.6) is 0 Å². The summed E-state index contributed by atoms with van der Waals surface area (Å²) in [7, 11) is 1.59. The molecule has 0 bridgehead atoms. The predicted octanol–water partition coefficient (Wildman–Crippen LogP) is -2.68. The highest BCUT2D eigenvalue weighted by atomic mass is 16.6. The molecule has 0 radical (unpaired) electrons. The Labute approximate surface area is 118 Å². The van der Waals surface area contributed by atoms with Gasteiger partial charge in [0.25, 0.3) is 0 Å². The number of hydrogen-bond acceptors (Lipinski definition) is 8. The summed E-state index contributed by atoms with van der Waals surface area (Å²) in [4.78, 5) is 19.3. The maximum atomic E-state index is 11.8. The number of aryl methyl sites for hydroxylation is 1. The number of nitrogens with zero attached hydrogens (tertiary/aromatic N) is 4. The number of aliphatic hydroxyl groups excluding tert-OH is 3. The number of aromatic nitrogens is 4. The fourth-order valence-electron chi connectivity index (χ4n) is 2.47. The number of fused-ring (bicyclic) bond motifs is 1. The zero-order valence-corrected chi connectivity index (χ0v) is 11.1. The van der Waals surface area contributed by atoms with Gasteiger partial charge >= 0.3 is 5.56 Å². The van der Waals surface area contributed by atoms with E-state index >= 15 is 0 Å². The van der Waals surface area contributed by atoms with Crippen LogP contribution in [0.1, 0.15) is 6.23 Å².